The highest BCUT2D eigenvalue weighted by Gasteiger charge is 2.25. The maximum Gasteiger partial charge on any atom is 0.234 e. The summed E-state index contributed by atoms with van der Waals surface area (Å²) in [6, 6.07) is 7.51. The van der Waals surface area contributed by atoms with Gasteiger partial charge in [0.25, 0.3) is 0 Å². The molecule has 1 saturated heterocycles. The number of benzene rings is 1. The van der Waals surface area contributed by atoms with Crippen LogP contribution < -0.4 is 15.5 Å². The van der Waals surface area contributed by atoms with Gasteiger partial charge < -0.3 is 15.5 Å². The van der Waals surface area contributed by atoms with Crippen LogP contribution in [0, 0.1) is 11.7 Å². The van der Waals surface area contributed by atoms with Gasteiger partial charge in [-0.2, -0.15) is 0 Å². The number of aromatic nitrogens is 2. The molecule has 31 heavy (non-hydrogen) atoms. The van der Waals surface area contributed by atoms with E-state index in [0.717, 1.165) is 50.8 Å². The first-order valence-corrected chi connectivity index (χ1v) is 11.6. The first-order chi connectivity index (χ1) is 15.0. The molecular formula is C21H25ClFN5O2S. The SMILES string of the molecule is CCCNC(=O)C1CCN(c2ccc(SCC(=O)Nc3ccc(F)cc3Cl)nn2)CC1. The van der Waals surface area contributed by atoms with Gasteiger partial charge in [0.2, 0.25) is 11.8 Å². The minimum atomic E-state index is -0.461. The van der Waals surface area contributed by atoms with E-state index in [1.54, 1.807) is 0 Å². The normalized spacial score (nSPS) is 14.4. The fraction of sp³-hybridized carbons (Fsp3) is 0.429. The zero-order valence-electron chi connectivity index (χ0n) is 17.2. The number of piperidine rings is 1. The lowest BCUT2D eigenvalue weighted by Crippen LogP contribution is -2.41. The van der Waals surface area contributed by atoms with Crippen molar-refractivity contribution in [1.29, 1.82) is 0 Å². The third-order valence-corrected chi connectivity index (χ3v) is 6.15. The molecule has 1 aromatic carbocycles. The van der Waals surface area contributed by atoms with E-state index in [2.05, 4.69) is 25.7 Å². The van der Waals surface area contributed by atoms with Gasteiger partial charge in [0.15, 0.2) is 5.82 Å². The number of carbonyl (C=O) groups excluding carboxylic acids is 2. The van der Waals surface area contributed by atoms with Crippen LogP contribution in [0.4, 0.5) is 15.9 Å². The molecule has 0 spiro atoms. The fourth-order valence-corrected chi connectivity index (χ4v) is 4.07. The van der Waals surface area contributed by atoms with Crippen LogP contribution in [0.3, 0.4) is 0 Å². The maximum atomic E-state index is 13.1. The lowest BCUT2D eigenvalue weighted by atomic mass is 9.96. The molecule has 2 aromatic rings. The maximum absolute atomic E-state index is 13.1. The van der Waals surface area contributed by atoms with Gasteiger partial charge in [-0.05, 0) is 49.6 Å². The van der Waals surface area contributed by atoms with Crippen molar-refractivity contribution < 1.29 is 14.0 Å². The number of nitrogens with one attached hydrogen (secondary N) is 2. The van der Waals surface area contributed by atoms with Crippen molar-refractivity contribution in [2.45, 2.75) is 31.2 Å². The number of halogens is 2. The minimum absolute atomic E-state index is 0.0544. The average Bonchev–Trinajstić information content (AvgIpc) is 2.78. The highest BCUT2D eigenvalue weighted by atomic mass is 35.5. The number of hydrogen-bond acceptors (Lipinski definition) is 6. The van der Waals surface area contributed by atoms with E-state index in [4.69, 9.17) is 11.6 Å². The number of amides is 2. The summed E-state index contributed by atoms with van der Waals surface area (Å²) in [4.78, 5) is 26.3. The molecule has 2 amide bonds. The van der Waals surface area contributed by atoms with Crippen LogP contribution in [-0.4, -0.2) is 47.4 Å². The molecule has 1 aromatic heterocycles. The van der Waals surface area contributed by atoms with Crippen molar-refractivity contribution in [3.8, 4) is 0 Å². The molecule has 2 heterocycles. The molecule has 1 aliphatic rings. The number of carbonyl (C=O) groups is 2. The van der Waals surface area contributed by atoms with Crippen molar-refractivity contribution in [3.05, 3.63) is 41.2 Å². The molecule has 10 heteroatoms. The molecule has 0 unspecified atom stereocenters. The Labute approximate surface area is 190 Å². The van der Waals surface area contributed by atoms with Crippen LogP contribution in [0.2, 0.25) is 5.02 Å². The number of hydrogen-bond donors (Lipinski definition) is 2. The monoisotopic (exact) mass is 465 g/mol. The lowest BCUT2D eigenvalue weighted by molar-refractivity contribution is -0.125. The average molecular weight is 466 g/mol. The largest absolute Gasteiger partial charge is 0.356 e. The summed E-state index contributed by atoms with van der Waals surface area (Å²) in [6.07, 6.45) is 2.52. The molecule has 0 radical (unpaired) electrons. The second-order valence-electron chi connectivity index (χ2n) is 7.24. The molecule has 0 saturated carbocycles. The molecule has 166 valence electrons. The molecule has 0 aliphatic carbocycles. The second-order valence-corrected chi connectivity index (χ2v) is 8.65. The van der Waals surface area contributed by atoms with Gasteiger partial charge >= 0.3 is 0 Å². The Hall–Kier alpha value is -2.39. The van der Waals surface area contributed by atoms with Crippen LogP contribution in [0.1, 0.15) is 26.2 Å². The summed E-state index contributed by atoms with van der Waals surface area (Å²) >= 11 is 7.17. The summed E-state index contributed by atoms with van der Waals surface area (Å²) < 4.78 is 13.1. The Morgan fingerprint density at radius 1 is 1.23 bits per heavy atom. The van der Waals surface area contributed by atoms with Crippen molar-refractivity contribution in [3.63, 3.8) is 0 Å². The lowest BCUT2D eigenvalue weighted by Gasteiger charge is -2.31. The summed E-state index contributed by atoms with van der Waals surface area (Å²) in [5.41, 5.74) is 0.363. The Balaban J connectivity index is 1.45. The smallest absolute Gasteiger partial charge is 0.234 e. The predicted octanol–water partition coefficient (Wildman–Crippen LogP) is 3.74. The van der Waals surface area contributed by atoms with E-state index in [1.165, 1.54) is 23.9 Å². The first-order valence-electron chi connectivity index (χ1n) is 10.2. The van der Waals surface area contributed by atoms with Gasteiger partial charge in [0.05, 0.1) is 16.5 Å². The van der Waals surface area contributed by atoms with E-state index in [1.807, 2.05) is 19.1 Å². The summed E-state index contributed by atoms with van der Waals surface area (Å²) in [7, 11) is 0. The number of nitrogens with zero attached hydrogens (tertiary/aromatic N) is 3. The van der Waals surface area contributed by atoms with Crippen LogP contribution >= 0.6 is 23.4 Å². The molecule has 0 atom stereocenters. The summed E-state index contributed by atoms with van der Waals surface area (Å²) in [6.45, 7) is 4.27. The van der Waals surface area contributed by atoms with E-state index < -0.39 is 5.82 Å². The Morgan fingerprint density at radius 2 is 2.00 bits per heavy atom. The minimum Gasteiger partial charge on any atom is -0.356 e. The molecular weight excluding hydrogens is 441 g/mol. The molecule has 3 rings (SSSR count). The van der Waals surface area contributed by atoms with Gasteiger partial charge in [0, 0.05) is 25.6 Å². The zero-order chi connectivity index (χ0) is 22.2. The Bertz CT molecular complexity index is 907. The topological polar surface area (TPSA) is 87.2 Å². The summed E-state index contributed by atoms with van der Waals surface area (Å²) in [5.74, 6) is 0.349. The Kier molecular flexibility index (Phi) is 8.48. The fourth-order valence-electron chi connectivity index (χ4n) is 3.24. The highest BCUT2D eigenvalue weighted by Crippen LogP contribution is 2.25. The third-order valence-electron chi connectivity index (χ3n) is 4.92. The molecule has 7 nitrogen and oxygen atoms in total. The number of rotatable bonds is 8. The van der Waals surface area contributed by atoms with Gasteiger partial charge in [-0.1, -0.05) is 30.3 Å². The highest BCUT2D eigenvalue weighted by molar-refractivity contribution is 7.99. The zero-order valence-corrected chi connectivity index (χ0v) is 18.8. The standard InChI is InChI=1S/C21H25ClFN5O2S/c1-2-9-24-21(30)14-7-10-28(11-8-14)18-5-6-20(27-26-18)31-13-19(29)25-17-4-3-15(23)12-16(17)22/h3-6,12,14H,2,7-11,13H2,1H3,(H,24,30)(H,25,29). The van der Waals surface area contributed by atoms with Crippen molar-refractivity contribution in [1.82, 2.24) is 15.5 Å². The van der Waals surface area contributed by atoms with Crippen molar-refractivity contribution in [2.24, 2.45) is 5.92 Å². The molecule has 0 bridgehead atoms. The second kappa shape index (κ2) is 11.3. The predicted molar refractivity (Wildman–Crippen MR) is 121 cm³/mol. The van der Waals surface area contributed by atoms with Crippen LogP contribution in [0.5, 0.6) is 0 Å². The van der Waals surface area contributed by atoms with Gasteiger partial charge in [-0.3, -0.25) is 9.59 Å². The first kappa shape index (κ1) is 23.3. The van der Waals surface area contributed by atoms with Gasteiger partial charge in [-0.15, -0.1) is 10.2 Å². The van der Waals surface area contributed by atoms with E-state index >= 15 is 0 Å². The van der Waals surface area contributed by atoms with Gasteiger partial charge in [0.1, 0.15) is 10.8 Å². The van der Waals surface area contributed by atoms with E-state index in [-0.39, 0.29) is 28.5 Å². The van der Waals surface area contributed by atoms with Gasteiger partial charge in [-0.25, -0.2) is 4.39 Å². The molecule has 1 fully saturated rings. The van der Waals surface area contributed by atoms with Crippen LogP contribution in [-0.2, 0) is 9.59 Å². The molecule has 2 N–H and O–H groups in total. The number of anilines is 2. The molecule has 1 aliphatic heterocycles. The van der Waals surface area contributed by atoms with Crippen molar-refractivity contribution >= 4 is 46.7 Å². The van der Waals surface area contributed by atoms with Crippen molar-refractivity contribution in [2.75, 3.05) is 35.6 Å². The third kappa shape index (κ3) is 6.80. The number of thioether (sulfide) groups is 1. The summed E-state index contributed by atoms with van der Waals surface area (Å²) in [5, 5.41) is 14.8. The quantitative estimate of drug-likeness (QED) is 0.577. The van der Waals surface area contributed by atoms with Crippen LogP contribution in [0.15, 0.2) is 35.4 Å². The Morgan fingerprint density at radius 3 is 2.65 bits per heavy atom. The van der Waals surface area contributed by atoms with E-state index in [9.17, 15) is 14.0 Å². The van der Waals surface area contributed by atoms with Crippen LogP contribution in [0.25, 0.3) is 0 Å². The van der Waals surface area contributed by atoms with E-state index in [0.29, 0.717) is 10.7 Å².